The van der Waals surface area contributed by atoms with Crippen LogP contribution in [-0.2, 0) is 9.53 Å². The standard InChI is InChI=1S/C14H22N2O4S/c1-20-10-8-16(7-9-17)13(18)5-2-6-15-14(19)12-4-3-11-21-12/h3-4,11,17H,2,5-10H2,1H3,(H,15,19). The summed E-state index contributed by atoms with van der Waals surface area (Å²) in [6.45, 7) is 1.62. The highest BCUT2D eigenvalue weighted by molar-refractivity contribution is 7.12. The largest absolute Gasteiger partial charge is 0.395 e. The average molecular weight is 314 g/mol. The van der Waals surface area contributed by atoms with E-state index < -0.39 is 0 Å². The van der Waals surface area contributed by atoms with E-state index in [0.717, 1.165) is 0 Å². The van der Waals surface area contributed by atoms with E-state index in [2.05, 4.69) is 5.32 Å². The van der Waals surface area contributed by atoms with E-state index in [1.807, 2.05) is 11.4 Å². The highest BCUT2D eigenvalue weighted by atomic mass is 32.1. The Bertz CT molecular complexity index is 423. The predicted octanol–water partition coefficient (Wildman–Crippen LogP) is 0.725. The summed E-state index contributed by atoms with van der Waals surface area (Å²) in [7, 11) is 1.57. The minimum atomic E-state index is -0.107. The van der Waals surface area contributed by atoms with Gasteiger partial charge in [-0.2, -0.15) is 0 Å². The van der Waals surface area contributed by atoms with Gasteiger partial charge in [-0.1, -0.05) is 6.07 Å². The molecular weight excluding hydrogens is 292 g/mol. The van der Waals surface area contributed by atoms with Crippen molar-refractivity contribution in [3.63, 3.8) is 0 Å². The molecule has 118 valence electrons. The number of amides is 2. The van der Waals surface area contributed by atoms with Crippen LogP contribution in [0.2, 0.25) is 0 Å². The fraction of sp³-hybridized carbons (Fsp3) is 0.571. The van der Waals surface area contributed by atoms with Crippen molar-refractivity contribution in [1.29, 1.82) is 0 Å². The zero-order valence-electron chi connectivity index (χ0n) is 12.2. The Morgan fingerprint density at radius 2 is 2.24 bits per heavy atom. The lowest BCUT2D eigenvalue weighted by Crippen LogP contribution is -2.36. The first-order chi connectivity index (χ1) is 10.2. The summed E-state index contributed by atoms with van der Waals surface area (Å²) in [5.41, 5.74) is 0. The fourth-order valence-electron chi connectivity index (χ4n) is 1.78. The van der Waals surface area contributed by atoms with Gasteiger partial charge in [-0.25, -0.2) is 0 Å². The summed E-state index contributed by atoms with van der Waals surface area (Å²) in [6.07, 6.45) is 0.916. The van der Waals surface area contributed by atoms with Crippen molar-refractivity contribution in [2.75, 3.05) is 40.0 Å². The Kier molecular flexibility index (Phi) is 8.65. The molecule has 0 unspecified atom stereocenters. The quantitative estimate of drug-likeness (QED) is 0.624. The van der Waals surface area contributed by atoms with Crippen molar-refractivity contribution in [3.05, 3.63) is 22.4 Å². The van der Waals surface area contributed by atoms with Crippen LogP contribution in [0.1, 0.15) is 22.5 Å². The van der Waals surface area contributed by atoms with Gasteiger partial charge < -0.3 is 20.1 Å². The topological polar surface area (TPSA) is 78.9 Å². The highest BCUT2D eigenvalue weighted by Crippen LogP contribution is 2.07. The molecule has 0 fully saturated rings. The van der Waals surface area contributed by atoms with Crippen molar-refractivity contribution in [1.82, 2.24) is 10.2 Å². The molecule has 0 aliphatic carbocycles. The lowest BCUT2D eigenvalue weighted by Gasteiger charge is -2.21. The second-order valence-corrected chi connectivity index (χ2v) is 5.38. The first-order valence-electron chi connectivity index (χ1n) is 6.88. The first kappa shape index (κ1) is 17.6. The number of methoxy groups -OCH3 is 1. The third kappa shape index (κ3) is 6.70. The lowest BCUT2D eigenvalue weighted by atomic mass is 10.2. The predicted molar refractivity (Wildman–Crippen MR) is 81.4 cm³/mol. The molecule has 2 amide bonds. The zero-order chi connectivity index (χ0) is 15.5. The highest BCUT2D eigenvalue weighted by Gasteiger charge is 2.12. The molecule has 7 heteroatoms. The van der Waals surface area contributed by atoms with Crippen LogP contribution in [0.25, 0.3) is 0 Å². The summed E-state index contributed by atoms with van der Waals surface area (Å²) in [6, 6.07) is 3.59. The molecule has 2 N–H and O–H groups in total. The number of carbonyl (C=O) groups is 2. The number of nitrogens with one attached hydrogen (secondary N) is 1. The van der Waals surface area contributed by atoms with E-state index in [4.69, 9.17) is 9.84 Å². The average Bonchev–Trinajstić information content (AvgIpc) is 3.01. The maximum Gasteiger partial charge on any atom is 0.261 e. The Labute approximate surface area is 128 Å². The third-order valence-electron chi connectivity index (χ3n) is 2.89. The van der Waals surface area contributed by atoms with Crippen molar-refractivity contribution < 1.29 is 19.4 Å². The number of carbonyl (C=O) groups excluding carboxylic acids is 2. The number of hydrogen-bond acceptors (Lipinski definition) is 5. The van der Waals surface area contributed by atoms with Gasteiger partial charge >= 0.3 is 0 Å². The smallest absolute Gasteiger partial charge is 0.261 e. The normalized spacial score (nSPS) is 10.4. The van der Waals surface area contributed by atoms with E-state index in [0.29, 0.717) is 44.0 Å². The Hall–Kier alpha value is -1.44. The monoisotopic (exact) mass is 314 g/mol. The minimum Gasteiger partial charge on any atom is -0.395 e. The van der Waals surface area contributed by atoms with Gasteiger partial charge in [0.25, 0.3) is 5.91 Å². The number of ether oxygens (including phenoxy) is 1. The Morgan fingerprint density at radius 3 is 2.86 bits per heavy atom. The molecular formula is C14H22N2O4S. The molecule has 1 aromatic rings. The van der Waals surface area contributed by atoms with Crippen LogP contribution in [0.5, 0.6) is 0 Å². The van der Waals surface area contributed by atoms with E-state index in [-0.39, 0.29) is 18.4 Å². The second-order valence-electron chi connectivity index (χ2n) is 4.43. The van der Waals surface area contributed by atoms with Crippen molar-refractivity contribution >= 4 is 23.2 Å². The number of rotatable bonds is 10. The van der Waals surface area contributed by atoms with Gasteiger partial charge in [-0.15, -0.1) is 11.3 Å². The van der Waals surface area contributed by atoms with Gasteiger partial charge in [0.2, 0.25) is 5.91 Å². The van der Waals surface area contributed by atoms with Crippen molar-refractivity contribution in [2.45, 2.75) is 12.8 Å². The van der Waals surface area contributed by atoms with Crippen LogP contribution in [-0.4, -0.2) is 61.8 Å². The molecule has 0 aliphatic heterocycles. The van der Waals surface area contributed by atoms with Crippen LogP contribution in [0.4, 0.5) is 0 Å². The maximum atomic E-state index is 12.0. The van der Waals surface area contributed by atoms with Gasteiger partial charge in [0.1, 0.15) is 0 Å². The molecule has 21 heavy (non-hydrogen) atoms. The summed E-state index contributed by atoms with van der Waals surface area (Å²) in [5.74, 6) is -0.143. The van der Waals surface area contributed by atoms with E-state index in [9.17, 15) is 9.59 Å². The van der Waals surface area contributed by atoms with Crippen LogP contribution < -0.4 is 5.32 Å². The number of hydrogen-bond donors (Lipinski definition) is 2. The summed E-state index contributed by atoms with van der Waals surface area (Å²) in [5, 5.41) is 13.6. The van der Waals surface area contributed by atoms with E-state index in [1.54, 1.807) is 18.1 Å². The molecule has 1 aromatic heterocycles. The minimum absolute atomic E-state index is 0.0357. The zero-order valence-corrected chi connectivity index (χ0v) is 13.0. The first-order valence-corrected chi connectivity index (χ1v) is 7.76. The number of aliphatic hydroxyl groups is 1. The van der Waals surface area contributed by atoms with Gasteiger partial charge in [0.05, 0.1) is 18.1 Å². The van der Waals surface area contributed by atoms with Gasteiger partial charge in [0, 0.05) is 33.2 Å². The number of nitrogens with zero attached hydrogens (tertiary/aromatic N) is 1. The van der Waals surface area contributed by atoms with Gasteiger partial charge in [-0.05, 0) is 17.9 Å². The molecule has 1 heterocycles. The third-order valence-corrected chi connectivity index (χ3v) is 3.75. The summed E-state index contributed by atoms with van der Waals surface area (Å²) >= 11 is 1.39. The van der Waals surface area contributed by atoms with Crippen LogP contribution in [0.3, 0.4) is 0 Å². The molecule has 0 atom stereocenters. The lowest BCUT2D eigenvalue weighted by molar-refractivity contribution is -0.132. The number of thiophene rings is 1. The Balaban J connectivity index is 2.23. The van der Waals surface area contributed by atoms with Crippen LogP contribution >= 0.6 is 11.3 Å². The molecule has 0 spiro atoms. The molecule has 0 aromatic carbocycles. The molecule has 0 saturated heterocycles. The van der Waals surface area contributed by atoms with Crippen molar-refractivity contribution in [2.24, 2.45) is 0 Å². The molecule has 6 nitrogen and oxygen atoms in total. The molecule has 0 radical (unpaired) electrons. The van der Waals surface area contributed by atoms with E-state index >= 15 is 0 Å². The molecule has 0 saturated carbocycles. The number of aliphatic hydroxyl groups excluding tert-OH is 1. The summed E-state index contributed by atoms with van der Waals surface area (Å²) in [4.78, 5) is 25.9. The molecule has 0 bridgehead atoms. The van der Waals surface area contributed by atoms with Gasteiger partial charge in [-0.3, -0.25) is 9.59 Å². The van der Waals surface area contributed by atoms with E-state index in [1.165, 1.54) is 11.3 Å². The molecule has 0 aliphatic rings. The Morgan fingerprint density at radius 1 is 1.43 bits per heavy atom. The SMILES string of the molecule is COCCN(CCO)C(=O)CCCNC(=O)c1cccs1. The maximum absolute atomic E-state index is 12.0. The van der Waals surface area contributed by atoms with Crippen LogP contribution in [0, 0.1) is 0 Å². The van der Waals surface area contributed by atoms with Gasteiger partial charge in [0.15, 0.2) is 0 Å². The van der Waals surface area contributed by atoms with Crippen LogP contribution in [0.15, 0.2) is 17.5 Å². The van der Waals surface area contributed by atoms with Crippen molar-refractivity contribution in [3.8, 4) is 0 Å². The second kappa shape index (κ2) is 10.3. The molecule has 1 rings (SSSR count). The fourth-order valence-corrected chi connectivity index (χ4v) is 2.42. The summed E-state index contributed by atoms with van der Waals surface area (Å²) < 4.78 is 4.94.